The van der Waals surface area contributed by atoms with Crippen LogP contribution in [-0.4, -0.2) is 11.6 Å². The van der Waals surface area contributed by atoms with E-state index in [-0.39, 0.29) is 11.6 Å². The molecule has 2 heteroatoms. The standard InChI is InChI=1S/C12H20O2/c1-9(2)8-12(6-5-7-12)14-11(13)10(3)4/h9H,3,5-8H2,1-2,4H3. The van der Waals surface area contributed by atoms with Crippen molar-refractivity contribution in [2.75, 3.05) is 0 Å². The first-order valence-corrected chi connectivity index (χ1v) is 5.34. The highest BCUT2D eigenvalue weighted by Gasteiger charge is 2.41. The number of hydrogen-bond acceptors (Lipinski definition) is 2. The highest BCUT2D eigenvalue weighted by molar-refractivity contribution is 5.87. The van der Waals surface area contributed by atoms with E-state index in [0.29, 0.717) is 11.5 Å². The summed E-state index contributed by atoms with van der Waals surface area (Å²) in [5.74, 6) is 0.346. The number of rotatable bonds is 4. The van der Waals surface area contributed by atoms with Crippen LogP contribution in [0.5, 0.6) is 0 Å². The Morgan fingerprint density at radius 3 is 2.36 bits per heavy atom. The van der Waals surface area contributed by atoms with Gasteiger partial charge < -0.3 is 4.74 Å². The van der Waals surface area contributed by atoms with E-state index in [1.165, 1.54) is 6.42 Å². The maximum Gasteiger partial charge on any atom is 0.333 e. The lowest BCUT2D eigenvalue weighted by Crippen LogP contribution is -2.43. The van der Waals surface area contributed by atoms with Crippen LogP contribution in [0.3, 0.4) is 0 Å². The summed E-state index contributed by atoms with van der Waals surface area (Å²) in [6.07, 6.45) is 4.19. The normalized spacial score (nSPS) is 18.9. The van der Waals surface area contributed by atoms with Crippen LogP contribution in [-0.2, 0) is 9.53 Å². The molecule has 0 aromatic rings. The van der Waals surface area contributed by atoms with Crippen LogP contribution in [0.1, 0.15) is 46.5 Å². The molecule has 0 heterocycles. The molecule has 1 rings (SSSR count). The SMILES string of the molecule is C=C(C)C(=O)OC1(CC(C)C)CCC1. The van der Waals surface area contributed by atoms with Gasteiger partial charge in [0.1, 0.15) is 5.60 Å². The number of carbonyl (C=O) groups is 1. The zero-order valence-electron chi connectivity index (χ0n) is 9.43. The van der Waals surface area contributed by atoms with Gasteiger partial charge in [-0.15, -0.1) is 0 Å². The Balaban J connectivity index is 2.53. The number of hydrogen-bond donors (Lipinski definition) is 0. The molecule has 1 saturated carbocycles. The smallest absolute Gasteiger partial charge is 0.333 e. The Labute approximate surface area is 86.3 Å². The molecule has 0 aliphatic heterocycles. The van der Waals surface area contributed by atoms with Gasteiger partial charge >= 0.3 is 5.97 Å². The molecule has 0 atom stereocenters. The molecule has 0 aromatic heterocycles. The van der Waals surface area contributed by atoms with Crippen LogP contribution < -0.4 is 0 Å². The summed E-state index contributed by atoms with van der Waals surface area (Å²) in [4.78, 5) is 11.4. The summed E-state index contributed by atoms with van der Waals surface area (Å²) in [6.45, 7) is 9.62. The van der Waals surface area contributed by atoms with Crippen molar-refractivity contribution in [1.29, 1.82) is 0 Å². The highest BCUT2D eigenvalue weighted by atomic mass is 16.6. The maximum absolute atomic E-state index is 11.4. The van der Waals surface area contributed by atoms with Crippen molar-refractivity contribution in [1.82, 2.24) is 0 Å². The van der Waals surface area contributed by atoms with E-state index in [1.54, 1.807) is 6.92 Å². The van der Waals surface area contributed by atoms with Crippen molar-refractivity contribution in [3.63, 3.8) is 0 Å². The first-order valence-electron chi connectivity index (χ1n) is 5.34. The summed E-state index contributed by atoms with van der Waals surface area (Å²) < 4.78 is 5.51. The van der Waals surface area contributed by atoms with Crippen molar-refractivity contribution >= 4 is 5.97 Å². The summed E-state index contributed by atoms with van der Waals surface area (Å²) in [7, 11) is 0. The molecule has 1 aliphatic rings. The molecule has 0 N–H and O–H groups in total. The quantitative estimate of drug-likeness (QED) is 0.510. The minimum absolute atomic E-state index is 0.162. The van der Waals surface area contributed by atoms with E-state index in [0.717, 1.165) is 19.3 Å². The third-order valence-electron chi connectivity index (χ3n) is 2.70. The number of carbonyl (C=O) groups excluding carboxylic acids is 1. The van der Waals surface area contributed by atoms with Gasteiger partial charge in [-0.1, -0.05) is 20.4 Å². The van der Waals surface area contributed by atoms with Crippen LogP contribution in [0, 0.1) is 5.92 Å². The molecule has 0 spiro atoms. The van der Waals surface area contributed by atoms with Gasteiger partial charge in [0.25, 0.3) is 0 Å². The molecule has 2 nitrogen and oxygen atoms in total. The van der Waals surface area contributed by atoms with Crippen LogP contribution >= 0.6 is 0 Å². The number of ether oxygens (including phenoxy) is 1. The van der Waals surface area contributed by atoms with E-state index < -0.39 is 0 Å². The predicted octanol–water partition coefficient (Wildman–Crippen LogP) is 3.07. The van der Waals surface area contributed by atoms with Gasteiger partial charge in [0, 0.05) is 5.57 Å². The van der Waals surface area contributed by atoms with Gasteiger partial charge in [0.2, 0.25) is 0 Å². The Morgan fingerprint density at radius 1 is 1.50 bits per heavy atom. The summed E-state index contributed by atoms with van der Waals surface area (Å²) in [5, 5.41) is 0. The van der Waals surface area contributed by atoms with Gasteiger partial charge in [-0.2, -0.15) is 0 Å². The van der Waals surface area contributed by atoms with E-state index >= 15 is 0 Å². The summed E-state index contributed by atoms with van der Waals surface area (Å²) in [5.41, 5.74) is 0.338. The second-order valence-electron chi connectivity index (χ2n) is 4.80. The molecular formula is C12H20O2. The van der Waals surface area contributed by atoms with Gasteiger partial charge in [-0.25, -0.2) is 4.79 Å². The van der Waals surface area contributed by atoms with Gasteiger partial charge in [0.05, 0.1) is 0 Å². The Bertz CT molecular complexity index is 237. The Kier molecular flexibility index (Phi) is 3.35. The van der Waals surface area contributed by atoms with Crippen LogP contribution in [0.2, 0.25) is 0 Å². The van der Waals surface area contributed by atoms with Crippen molar-refractivity contribution in [3.05, 3.63) is 12.2 Å². The summed E-state index contributed by atoms with van der Waals surface area (Å²) in [6, 6.07) is 0. The molecule has 1 aliphatic carbocycles. The molecule has 80 valence electrons. The van der Waals surface area contributed by atoms with E-state index in [4.69, 9.17) is 4.74 Å². The fourth-order valence-electron chi connectivity index (χ4n) is 1.95. The zero-order valence-corrected chi connectivity index (χ0v) is 9.43. The molecular weight excluding hydrogens is 176 g/mol. The second-order valence-corrected chi connectivity index (χ2v) is 4.80. The first kappa shape index (κ1) is 11.3. The first-order chi connectivity index (χ1) is 6.45. The van der Waals surface area contributed by atoms with Crippen LogP contribution in [0.25, 0.3) is 0 Å². The predicted molar refractivity (Wildman–Crippen MR) is 56.9 cm³/mol. The van der Waals surface area contributed by atoms with E-state index in [2.05, 4.69) is 20.4 Å². The molecule has 0 unspecified atom stereocenters. The van der Waals surface area contributed by atoms with Gasteiger partial charge in [-0.05, 0) is 38.5 Å². The third-order valence-corrected chi connectivity index (χ3v) is 2.70. The van der Waals surface area contributed by atoms with Crippen LogP contribution in [0.4, 0.5) is 0 Å². The second kappa shape index (κ2) is 4.16. The maximum atomic E-state index is 11.4. The fourth-order valence-corrected chi connectivity index (χ4v) is 1.95. The lowest BCUT2D eigenvalue weighted by molar-refractivity contribution is -0.167. The molecule has 0 aromatic carbocycles. The zero-order chi connectivity index (χ0) is 10.8. The van der Waals surface area contributed by atoms with Crippen LogP contribution in [0.15, 0.2) is 12.2 Å². The number of esters is 1. The molecule has 0 saturated heterocycles. The average Bonchev–Trinajstić information content (AvgIpc) is 1.99. The topological polar surface area (TPSA) is 26.3 Å². The van der Waals surface area contributed by atoms with Crippen molar-refractivity contribution in [2.24, 2.45) is 5.92 Å². The van der Waals surface area contributed by atoms with E-state index in [1.807, 2.05) is 0 Å². The minimum atomic E-state index is -0.231. The summed E-state index contributed by atoms with van der Waals surface area (Å²) >= 11 is 0. The van der Waals surface area contributed by atoms with Crippen molar-refractivity contribution in [3.8, 4) is 0 Å². The molecule has 14 heavy (non-hydrogen) atoms. The van der Waals surface area contributed by atoms with Crippen molar-refractivity contribution < 1.29 is 9.53 Å². The molecule has 0 amide bonds. The highest BCUT2D eigenvalue weighted by Crippen LogP contribution is 2.41. The lowest BCUT2D eigenvalue weighted by atomic mass is 9.74. The Hall–Kier alpha value is -0.790. The average molecular weight is 196 g/mol. The third kappa shape index (κ3) is 2.60. The fraction of sp³-hybridized carbons (Fsp3) is 0.750. The molecule has 0 bridgehead atoms. The Morgan fingerprint density at radius 2 is 2.07 bits per heavy atom. The molecule has 1 fully saturated rings. The van der Waals surface area contributed by atoms with Crippen molar-refractivity contribution in [2.45, 2.75) is 52.1 Å². The van der Waals surface area contributed by atoms with Gasteiger partial charge in [0.15, 0.2) is 0 Å². The lowest BCUT2D eigenvalue weighted by Gasteiger charge is -2.42. The van der Waals surface area contributed by atoms with Gasteiger partial charge in [-0.3, -0.25) is 0 Å². The van der Waals surface area contributed by atoms with E-state index in [9.17, 15) is 4.79 Å². The minimum Gasteiger partial charge on any atom is -0.456 e. The largest absolute Gasteiger partial charge is 0.456 e. The molecule has 0 radical (unpaired) electrons. The monoisotopic (exact) mass is 196 g/mol.